The number of hydrogen-bond donors (Lipinski definition) is 3. The zero-order chi connectivity index (χ0) is 14.2. The average Bonchev–Trinajstić information content (AvgIpc) is 2.50. The molecule has 0 aromatic heterocycles. The van der Waals surface area contributed by atoms with Crippen molar-refractivity contribution in [2.75, 3.05) is 38.2 Å². The molecule has 5 heteroatoms. The summed E-state index contributed by atoms with van der Waals surface area (Å²) in [5, 5.41) is 14.8. The Balaban J connectivity index is 1.83. The van der Waals surface area contributed by atoms with Gasteiger partial charge < -0.3 is 20.5 Å². The Hall–Kier alpha value is -1.59. The topological polar surface area (TPSA) is 70.6 Å². The molecular formula is C15H22N2O3. The summed E-state index contributed by atoms with van der Waals surface area (Å²) in [4.78, 5) is 12.2. The molecule has 0 unspecified atom stereocenters. The van der Waals surface area contributed by atoms with E-state index in [1.165, 1.54) is 0 Å². The minimum absolute atomic E-state index is 0.0206. The fraction of sp³-hybridized carbons (Fsp3) is 0.533. The van der Waals surface area contributed by atoms with Crippen LogP contribution in [0.2, 0.25) is 0 Å². The fourth-order valence-corrected chi connectivity index (χ4v) is 2.36. The summed E-state index contributed by atoms with van der Waals surface area (Å²) >= 11 is 0. The third-order valence-electron chi connectivity index (χ3n) is 3.33. The van der Waals surface area contributed by atoms with Crippen LogP contribution in [0.5, 0.6) is 0 Å². The molecule has 1 aromatic carbocycles. The van der Waals surface area contributed by atoms with Crippen LogP contribution in [-0.4, -0.2) is 43.9 Å². The molecule has 110 valence electrons. The van der Waals surface area contributed by atoms with Gasteiger partial charge in [-0.1, -0.05) is 6.07 Å². The van der Waals surface area contributed by atoms with Gasteiger partial charge in [-0.3, -0.25) is 4.79 Å². The Morgan fingerprint density at radius 1 is 1.40 bits per heavy atom. The second-order valence-electron chi connectivity index (χ2n) is 4.81. The van der Waals surface area contributed by atoms with Crippen LogP contribution in [0.1, 0.15) is 28.8 Å². The van der Waals surface area contributed by atoms with E-state index in [1.54, 1.807) is 0 Å². The normalized spacial score (nSPS) is 13.4. The van der Waals surface area contributed by atoms with Crippen molar-refractivity contribution in [3.8, 4) is 0 Å². The van der Waals surface area contributed by atoms with E-state index in [2.05, 4.69) is 10.6 Å². The molecule has 5 nitrogen and oxygen atoms in total. The van der Waals surface area contributed by atoms with Crippen molar-refractivity contribution >= 4 is 11.6 Å². The summed E-state index contributed by atoms with van der Waals surface area (Å²) in [6.07, 6.45) is 2.76. The molecule has 1 aliphatic heterocycles. The van der Waals surface area contributed by atoms with Gasteiger partial charge in [-0.05, 0) is 37.0 Å². The van der Waals surface area contributed by atoms with Gasteiger partial charge in [0.2, 0.25) is 0 Å². The number of anilines is 1. The first-order chi connectivity index (χ1) is 9.83. The predicted molar refractivity (Wildman–Crippen MR) is 78.1 cm³/mol. The number of fused-ring (bicyclic) bond motifs is 1. The number of amides is 1. The highest BCUT2D eigenvalue weighted by Crippen LogP contribution is 2.25. The SMILES string of the molecule is O=C(NCCCOCCO)c1cccc2c1CCCN2. The molecule has 0 radical (unpaired) electrons. The van der Waals surface area contributed by atoms with Crippen molar-refractivity contribution in [1.82, 2.24) is 5.32 Å². The summed E-state index contributed by atoms with van der Waals surface area (Å²) < 4.78 is 5.15. The van der Waals surface area contributed by atoms with Gasteiger partial charge in [-0.25, -0.2) is 0 Å². The number of carbonyl (C=O) groups is 1. The first-order valence-electron chi connectivity index (χ1n) is 7.15. The van der Waals surface area contributed by atoms with Crippen molar-refractivity contribution in [2.45, 2.75) is 19.3 Å². The van der Waals surface area contributed by atoms with Gasteiger partial charge in [0.25, 0.3) is 5.91 Å². The van der Waals surface area contributed by atoms with Crippen molar-refractivity contribution in [3.63, 3.8) is 0 Å². The lowest BCUT2D eigenvalue weighted by Crippen LogP contribution is -2.27. The molecule has 3 N–H and O–H groups in total. The lowest BCUT2D eigenvalue weighted by Gasteiger charge is -2.20. The van der Waals surface area contributed by atoms with Gasteiger partial charge in [0, 0.05) is 30.9 Å². The fourth-order valence-electron chi connectivity index (χ4n) is 2.36. The van der Waals surface area contributed by atoms with E-state index >= 15 is 0 Å². The number of ether oxygens (including phenoxy) is 1. The Morgan fingerprint density at radius 2 is 2.30 bits per heavy atom. The van der Waals surface area contributed by atoms with Crippen molar-refractivity contribution in [1.29, 1.82) is 0 Å². The van der Waals surface area contributed by atoms with E-state index in [4.69, 9.17) is 9.84 Å². The average molecular weight is 278 g/mol. The van der Waals surface area contributed by atoms with Crippen molar-refractivity contribution < 1.29 is 14.6 Å². The monoisotopic (exact) mass is 278 g/mol. The molecule has 0 saturated heterocycles. The molecule has 1 amide bonds. The maximum Gasteiger partial charge on any atom is 0.251 e. The molecule has 2 rings (SSSR count). The summed E-state index contributed by atoms with van der Waals surface area (Å²) in [6.45, 7) is 2.50. The number of hydrogen-bond acceptors (Lipinski definition) is 4. The number of carbonyl (C=O) groups excluding carboxylic acids is 1. The second-order valence-corrected chi connectivity index (χ2v) is 4.81. The van der Waals surface area contributed by atoms with Crippen LogP contribution < -0.4 is 10.6 Å². The maximum atomic E-state index is 12.2. The molecule has 1 heterocycles. The quantitative estimate of drug-likeness (QED) is 0.655. The summed E-state index contributed by atoms with van der Waals surface area (Å²) in [7, 11) is 0. The number of aliphatic hydroxyl groups excluding tert-OH is 1. The van der Waals surface area contributed by atoms with Gasteiger partial charge in [0.1, 0.15) is 0 Å². The highest BCUT2D eigenvalue weighted by Gasteiger charge is 2.16. The zero-order valence-electron chi connectivity index (χ0n) is 11.7. The lowest BCUT2D eigenvalue weighted by atomic mass is 9.97. The van der Waals surface area contributed by atoms with E-state index in [9.17, 15) is 4.79 Å². The van der Waals surface area contributed by atoms with Gasteiger partial charge in [0.05, 0.1) is 13.2 Å². The van der Waals surface area contributed by atoms with Gasteiger partial charge in [-0.15, -0.1) is 0 Å². The number of nitrogens with one attached hydrogen (secondary N) is 2. The third-order valence-corrected chi connectivity index (χ3v) is 3.33. The number of aliphatic hydroxyl groups is 1. The van der Waals surface area contributed by atoms with Gasteiger partial charge in [0.15, 0.2) is 0 Å². The van der Waals surface area contributed by atoms with Crippen LogP contribution in [-0.2, 0) is 11.2 Å². The minimum Gasteiger partial charge on any atom is -0.394 e. The molecular weight excluding hydrogens is 256 g/mol. The molecule has 0 atom stereocenters. The van der Waals surface area contributed by atoms with Crippen LogP contribution in [0, 0.1) is 0 Å². The number of benzene rings is 1. The molecule has 1 aromatic rings. The Labute approximate surface area is 119 Å². The van der Waals surface area contributed by atoms with Gasteiger partial charge in [-0.2, -0.15) is 0 Å². The summed E-state index contributed by atoms with van der Waals surface area (Å²) in [6, 6.07) is 5.81. The Bertz CT molecular complexity index is 449. The van der Waals surface area contributed by atoms with Crippen molar-refractivity contribution in [2.24, 2.45) is 0 Å². The van der Waals surface area contributed by atoms with E-state index in [-0.39, 0.29) is 12.5 Å². The first-order valence-corrected chi connectivity index (χ1v) is 7.15. The molecule has 0 fully saturated rings. The van der Waals surface area contributed by atoms with Crippen LogP contribution in [0.3, 0.4) is 0 Å². The van der Waals surface area contributed by atoms with Gasteiger partial charge >= 0.3 is 0 Å². The van der Waals surface area contributed by atoms with E-state index in [1.807, 2.05) is 18.2 Å². The smallest absolute Gasteiger partial charge is 0.251 e. The summed E-state index contributed by atoms with van der Waals surface area (Å²) in [5.74, 6) is -0.0206. The van der Waals surface area contributed by atoms with Crippen LogP contribution in [0.25, 0.3) is 0 Å². The van der Waals surface area contributed by atoms with E-state index < -0.39 is 0 Å². The largest absolute Gasteiger partial charge is 0.394 e. The van der Waals surface area contributed by atoms with Crippen molar-refractivity contribution in [3.05, 3.63) is 29.3 Å². The predicted octanol–water partition coefficient (Wildman–Crippen LogP) is 1.17. The molecule has 0 saturated carbocycles. The maximum absolute atomic E-state index is 12.2. The van der Waals surface area contributed by atoms with Crippen LogP contribution in [0.15, 0.2) is 18.2 Å². The van der Waals surface area contributed by atoms with Crippen LogP contribution in [0.4, 0.5) is 5.69 Å². The van der Waals surface area contributed by atoms with E-state index in [0.717, 1.165) is 42.6 Å². The molecule has 1 aliphatic rings. The second kappa shape index (κ2) is 7.87. The molecule has 20 heavy (non-hydrogen) atoms. The molecule has 0 spiro atoms. The summed E-state index contributed by atoms with van der Waals surface area (Å²) in [5.41, 5.74) is 2.97. The standard InChI is InChI=1S/C15H22N2O3/c18-9-11-20-10-3-8-17-15(19)13-4-1-6-14-12(13)5-2-7-16-14/h1,4,6,16,18H,2-3,5,7-11H2,(H,17,19). The Morgan fingerprint density at radius 3 is 3.15 bits per heavy atom. The lowest BCUT2D eigenvalue weighted by molar-refractivity contribution is 0.0867. The highest BCUT2D eigenvalue weighted by atomic mass is 16.5. The molecule has 0 aliphatic carbocycles. The van der Waals surface area contributed by atoms with E-state index in [0.29, 0.717) is 19.8 Å². The third kappa shape index (κ3) is 3.95. The Kier molecular flexibility index (Phi) is 5.83. The number of rotatable bonds is 7. The molecule has 0 bridgehead atoms. The first kappa shape index (κ1) is 14.8. The highest BCUT2D eigenvalue weighted by molar-refractivity contribution is 5.97. The zero-order valence-corrected chi connectivity index (χ0v) is 11.7. The minimum atomic E-state index is -0.0206. The van der Waals surface area contributed by atoms with Crippen LogP contribution >= 0.6 is 0 Å².